The van der Waals surface area contributed by atoms with Crippen molar-refractivity contribution in [2.45, 2.75) is 6.54 Å². The molecule has 18 heavy (non-hydrogen) atoms. The second-order valence-corrected chi connectivity index (χ2v) is 4.95. The number of hydrogen-bond donors (Lipinski definition) is 1. The van der Waals surface area contributed by atoms with Gasteiger partial charge in [-0.1, -0.05) is 22.0 Å². The molecule has 0 atom stereocenters. The fourth-order valence-corrected chi connectivity index (χ4v) is 2.08. The first-order valence-electron chi connectivity index (χ1n) is 5.62. The molecule has 0 amide bonds. The largest absolute Gasteiger partial charge is 0.436 e. The summed E-state index contributed by atoms with van der Waals surface area (Å²) in [4.78, 5) is 4.48. The molecule has 2 aromatic carbocycles. The zero-order valence-corrected chi connectivity index (χ0v) is 11.1. The lowest BCUT2D eigenvalue weighted by molar-refractivity contribution is 0.620. The Labute approximate surface area is 113 Å². The summed E-state index contributed by atoms with van der Waals surface area (Å²) in [7, 11) is 0. The average Bonchev–Trinajstić information content (AvgIpc) is 2.82. The third-order valence-electron chi connectivity index (χ3n) is 2.78. The fourth-order valence-electron chi connectivity index (χ4n) is 1.82. The molecule has 3 nitrogen and oxygen atoms in total. The Morgan fingerprint density at radius 3 is 2.61 bits per heavy atom. The molecule has 0 unspecified atom stereocenters. The summed E-state index contributed by atoms with van der Waals surface area (Å²) in [5, 5.41) is 0. The number of hydrogen-bond acceptors (Lipinski definition) is 3. The number of fused-ring (bicyclic) bond motifs is 1. The number of aromatic nitrogens is 1. The Hall–Kier alpha value is -1.65. The van der Waals surface area contributed by atoms with Gasteiger partial charge in [0.15, 0.2) is 5.58 Å². The first-order valence-corrected chi connectivity index (χ1v) is 6.41. The van der Waals surface area contributed by atoms with Crippen LogP contribution < -0.4 is 5.73 Å². The van der Waals surface area contributed by atoms with E-state index in [1.807, 2.05) is 42.5 Å². The number of nitrogens with zero attached hydrogens (tertiary/aromatic N) is 1. The van der Waals surface area contributed by atoms with Gasteiger partial charge in [-0.15, -0.1) is 0 Å². The molecule has 1 aromatic heterocycles. The third-order valence-corrected chi connectivity index (χ3v) is 3.31. The van der Waals surface area contributed by atoms with Crippen molar-refractivity contribution in [3.05, 3.63) is 52.5 Å². The smallest absolute Gasteiger partial charge is 0.227 e. The van der Waals surface area contributed by atoms with Crippen LogP contribution in [0.25, 0.3) is 22.6 Å². The molecule has 0 aliphatic carbocycles. The SMILES string of the molecule is NCc1ccc2oc(-c3ccc(Br)cc3)nc2c1. The van der Waals surface area contributed by atoms with Crippen LogP contribution in [0.5, 0.6) is 0 Å². The first-order chi connectivity index (χ1) is 8.76. The van der Waals surface area contributed by atoms with Gasteiger partial charge < -0.3 is 10.2 Å². The molecule has 0 saturated heterocycles. The lowest BCUT2D eigenvalue weighted by Gasteiger charge is -1.94. The van der Waals surface area contributed by atoms with Gasteiger partial charge in [-0.05, 0) is 42.0 Å². The third kappa shape index (κ3) is 2.05. The quantitative estimate of drug-likeness (QED) is 0.785. The molecule has 0 fully saturated rings. The van der Waals surface area contributed by atoms with Crippen molar-refractivity contribution in [1.82, 2.24) is 4.98 Å². The minimum atomic E-state index is 0.510. The molecule has 0 aliphatic heterocycles. The van der Waals surface area contributed by atoms with Gasteiger partial charge in [0.05, 0.1) is 0 Å². The first kappa shape index (κ1) is 11.4. The van der Waals surface area contributed by atoms with Gasteiger partial charge in [0.1, 0.15) is 5.52 Å². The zero-order chi connectivity index (χ0) is 12.5. The summed E-state index contributed by atoms with van der Waals surface area (Å²) in [5.74, 6) is 0.631. The van der Waals surface area contributed by atoms with Crippen LogP contribution in [0, 0.1) is 0 Å². The number of halogens is 1. The van der Waals surface area contributed by atoms with Crippen LogP contribution in [0.3, 0.4) is 0 Å². The molecule has 0 radical (unpaired) electrons. The second-order valence-electron chi connectivity index (χ2n) is 4.03. The summed E-state index contributed by atoms with van der Waals surface area (Å²) in [6, 6.07) is 13.7. The molecular formula is C14H11BrN2O. The normalized spacial score (nSPS) is 11.0. The van der Waals surface area contributed by atoms with Gasteiger partial charge in [0.25, 0.3) is 0 Å². The Balaban J connectivity index is 2.10. The van der Waals surface area contributed by atoms with Gasteiger partial charge >= 0.3 is 0 Å². The molecule has 90 valence electrons. The summed E-state index contributed by atoms with van der Waals surface area (Å²) in [6.45, 7) is 0.510. The van der Waals surface area contributed by atoms with Crippen LogP contribution in [0.4, 0.5) is 0 Å². The summed E-state index contributed by atoms with van der Waals surface area (Å²) in [6.07, 6.45) is 0. The van der Waals surface area contributed by atoms with E-state index in [1.54, 1.807) is 0 Å². The zero-order valence-electron chi connectivity index (χ0n) is 9.56. The van der Waals surface area contributed by atoms with Gasteiger partial charge in [-0.25, -0.2) is 4.98 Å². The topological polar surface area (TPSA) is 52.0 Å². The number of oxazole rings is 1. The Morgan fingerprint density at radius 2 is 1.89 bits per heavy atom. The molecule has 2 N–H and O–H groups in total. The Morgan fingerprint density at radius 1 is 1.11 bits per heavy atom. The van der Waals surface area contributed by atoms with Crippen LogP contribution in [0.1, 0.15) is 5.56 Å². The van der Waals surface area contributed by atoms with E-state index in [0.29, 0.717) is 12.4 Å². The predicted octanol–water partition coefficient (Wildman–Crippen LogP) is 3.72. The minimum absolute atomic E-state index is 0.510. The highest BCUT2D eigenvalue weighted by atomic mass is 79.9. The van der Waals surface area contributed by atoms with E-state index in [-0.39, 0.29) is 0 Å². The molecule has 3 aromatic rings. The van der Waals surface area contributed by atoms with Crippen molar-refractivity contribution in [1.29, 1.82) is 0 Å². The summed E-state index contributed by atoms with van der Waals surface area (Å²) >= 11 is 3.41. The lowest BCUT2D eigenvalue weighted by atomic mass is 10.2. The maximum Gasteiger partial charge on any atom is 0.227 e. The van der Waals surface area contributed by atoms with Crippen molar-refractivity contribution in [3.8, 4) is 11.5 Å². The van der Waals surface area contributed by atoms with Crippen LogP contribution >= 0.6 is 15.9 Å². The Bertz CT molecular complexity index is 689. The van der Waals surface area contributed by atoms with E-state index in [2.05, 4.69) is 20.9 Å². The summed E-state index contributed by atoms with van der Waals surface area (Å²) in [5.41, 5.74) is 9.25. The van der Waals surface area contributed by atoms with Gasteiger partial charge in [-0.2, -0.15) is 0 Å². The molecule has 4 heteroatoms. The van der Waals surface area contributed by atoms with Crippen LogP contribution in [0.2, 0.25) is 0 Å². The Kier molecular flexibility index (Phi) is 2.89. The van der Waals surface area contributed by atoms with Gasteiger partial charge in [0.2, 0.25) is 5.89 Å². The van der Waals surface area contributed by atoms with Crippen LogP contribution in [0.15, 0.2) is 51.4 Å². The minimum Gasteiger partial charge on any atom is -0.436 e. The van der Waals surface area contributed by atoms with E-state index in [0.717, 1.165) is 26.7 Å². The highest BCUT2D eigenvalue weighted by molar-refractivity contribution is 9.10. The number of nitrogens with two attached hydrogens (primary N) is 1. The van der Waals surface area contributed by atoms with E-state index < -0.39 is 0 Å². The number of benzene rings is 2. The van der Waals surface area contributed by atoms with Crippen LogP contribution in [-0.2, 0) is 6.54 Å². The molecular weight excluding hydrogens is 292 g/mol. The maximum atomic E-state index is 5.73. The molecule has 0 saturated carbocycles. The van der Waals surface area contributed by atoms with E-state index in [4.69, 9.17) is 10.2 Å². The van der Waals surface area contributed by atoms with Crippen molar-refractivity contribution >= 4 is 27.0 Å². The monoisotopic (exact) mass is 302 g/mol. The van der Waals surface area contributed by atoms with E-state index in [1.165, 1.54) is 0 Å². The average molecular weight is 303 g/mol. The highest BCUT2D eigenvalue weighted by Crippen LogP contribution is 2.25. The van der Waals surface area contributed by atoms with E-state index in [9.17, 15) is 0 Å². The van der Waals surface area contributed by atoms with Gasteiger partial charge in [0, 0.05) is 16.6 Å². The predicted molar refractivity (Wildman–Crippen MR) is 75.0 cm³/mol. The second kappa shape index (κ2) is 4.55. The molecule has 0 bridgehead atoms. The van der Waals surface area contributed by atoms with Crippen molar-refractivity contribution in [2.75, 3.05) is 0 Å². The van der Waals surface area contributed by atoms with Crippen LogP contribution in [-0.4, -0.2) is 4.98 Å². The lowest BCUT2D eigenvalue weighted by Crippen LogP contribution is -1.94. The van der Waals surface area contributed by atoms with E-state index >= 15 is 0 Å². The van der Waals surface area contributed by atoms with Gasteiger partial charge in [-0.3, -0.25) is 0 Å². The standard InChI is InChI=1S/C14H11BrN2O/c15-11-4-2-10(3-5-11)14-17-12-7-9(8-16)1-6-13(12)18-14/h1-7H,8,16H2. The molecule has 3 rings (SSSR count). The highest BCUT2D eigenvalue weighted by Gasteiger charge is 2.08. The fraction of sp³-hybridized carbons (Fsp3) is 0.0714. The molecule has 1 heterocycles. The van der Waals surface area contributed by atoms with Crippen molar-refractivity contribution < 1.29 is 4.42 Å². The van der Waals surface area contributed by atoms with Crippen molar-refractivity contribution in [3.63, 3.8) is 0 Å². The van der Waals surface area contributed by atoms with Crippen molar-refractivity contribution in [2.24, 2.45) is 5.73 Å². The maximum absolute atomic E-state index is 5.73. The summed E-state index contributed by atoms with van der Waals surface area (Å²) < 4.78 is 6.76. The molecule has 0 aliphatic rings. The number of rotatable bonds is 2. The molecule has 0 spiro atoms.